The van der Waals surface area contributed by atoms with Crippen LogP contribution in [0.2, 0.25) is 0 Å². The van der Waals surface area contributed by atoms with E-state index in [1.165, 1.54) is 15.6 Å². The molecule has 2 aromatic carbocycles. The normalized spacial score (nSPS) is 21.5. The lowest BCUT2D eigenvalue weighted by Crippen LogP contribution is -2.58. The molecule has 2 atom stereocenters. The minimum absolute atomic E-state index is 0.0926. The fourth-order valence-electron chi connectivity index (χ4n) is 3.70. The van der Waals surface area contributed by atoms with Gasteiger partial charge in [-0.15, -0.1) is 5.10 Å². The van der Waals surface area contributed by atoms with Gasteiger partial charge < -0.3 is 14.7 Å². The molecule has 1 aromatic heterocycles. The number of ether oxygens (including phenoxy) is 1. The zero-order valence-electron chi connectivity index (χ0n) is 16.8. The van der Waals surface area contributed by atoms with Gasteiger partial charge in [0.15, 0.2) is 5.69 Å². The van der Waals surface area contributed by atoms with E-state index in [0.29, 0.717) is 24.4 Å². The Morgan fingerprint density at radius 1 is 1.20 bits per heavy atom. The standard InChI is InChI=1S/C22H23FN4O3/c1-15-20(24-25-27(15)18-11-7-6-10-17(18)23)21(28)26-13-12-19(22(2,29)14-26)30-16-8-4-3-5-9-16/h3-11,19,29H,12-14H2,1-2H3/t19-,22-/m0/s1. The highest BCUT2D eigenvalue weighted by atomic mass is 19.1. The van der Waals surface area contributed by atoms with E-state index in [1.54, 1.807) is 32.0 Å². The van der Waals surface area contributed by atoms with Crippen molar-refractivity contribution >= 4 is 5.91 Å². The molecular formula is C22H23FN4O3. The van der Waals surface area contributed by atoms with Gasteiger partial charge in [0.1, 0.15) is 29.0 Å². The van der Waals surface area contributed by atoms with Crippen molar-refractivity contribution in [1.29, 1.82) is 0 Å². The van der Waals surface area contributed by atoms with Crippen molar-refractivity contribution in [2.24, 2.45) is 0 Å². The van der Waals surface area contributed by atoms with E-state index in [0.717, 1.165) is 0 Å². The number of piperidine rings is 1. The second-order valence-electron chi connectivity index (χ2n) is 7.68. The monoisotopic (exact) mass is 410 g/mol. The molecule has 0 saturated carbocycles. The predicted octanol–water partition coefficient (Wildman–Crippen LogP) is 2.76. The van der Waals surface area contributed by atoms with E-state index in [4.69, 9.17) is 4.74 Å². The number of benzene rings is 2. The maximum Gasteiger partial charge on any atom is 0.276 e. The first-order valence-corrected chi connectivity index (χ1v) is 9.77. The van der Waals surface area contributed by atoms with Crippen LogP contribution in [0.3, 0.4) is 0 Å². The molecule has 1 aliphatic heterocycles. The van der Waals surface area contributed by atoms with Crippen LogP contribution in [-0.4, -0.2) is 55.7 Å². The zero-order valence-corrected chi connectivity index (χ0v) is 16.8. The Morgan fingerprint density at radius 3 is 2.60 bits per heavy atom. The first kappa shape index (κ1) is 20.0. The van der Waals surface area contributed by atoms with Crippen molar-refractivity contribution in [3.63, 3.8) is 0 Å². The summed E-state index contributed by atoms with van der Waals surface area (Å²) in [4.78, 5) is 14.6. The van der Waals surface area contributed by atoms with E-state index in [2.05, 4.69) is 10.3 Å². The first-order chi connectivity index (χ1) is 14.4. The van der Waals surface area contributed by atoms with Gasteiger partial charge in [0.2, 0.25) is 0 Å². The number of hydrogen-bond acceptors (Lipinski definition) is 5. The number of hydrogen-bond donors (Lipinski definition) is 1. The molecule has 2 heterocycles. The number of amides is 1. The molecular weight excluding hydrogens is 387 g/mol. The summed E-state index contributed by atoms with van der Waals surface area (Å²) in [5.74, 6) is -0.133. The average molecular weight is 410 g/mol. The number of carbonyl (C=O) groups excluding carboxylic acids is 1. The topological polar surface area (TPSA) is 80.5 Å². The number of β-amino-alcohol motifs (C(OH)–C–C–N with tert-alkyl or cyclic N) is 1. The van der Waals surface area contributed by atoms with Gasteiger partial charge in [-0.3, -0.25) is 4.79 Å². The lowest BCUT2D eigenvalue weighted by atomic mass is 9.91. The lowest BCUT2D eigenvalue weighted by Gasteiger charge is -2.42. The minimum atomic E-state index is -1.24. The van der Waals surface area contributed by atoms with E-state index in [-0.39, 0.29) is 23.8 Å². The number of nitrogens with zero attached hydrogens (tertiary/aromatic N) is 4. The maximum absolute atomic E-state index is 14.1. The van der Waals surface area contributed by atoms with Crippen molar-refractivity contribution in [3.05, 3.63) is 71.8 Å². The Labute approximate surface area is 173 Å². The third-order valence-corrected chi connectivity index (χ3v) is 5.35. The molecule has 3 aromatic rings. The Bertz CT molecular complexity index is 1050. The summed E-state index contributed by atoms with van der Waals surface area (Å²) in [5.41, 5.74) is -0.438. The number of aliphatic hydroxyl groups is 1. The molecule has 0 radical (unpaired) electrons. The molecule has 1 saturated heterocycles. The second-order valence-corrected chi connectivity index (χ2v) is 7.68. The molecule has 156 valence electrons. The number of rotatable bonds is 4. The van der Waals surface area contributed by atoms with Gasteiger partial charge in [-0.1, -0.05) is 35.5 Å². The van der Waals surface area contributed by atoms with Gasteiger partial charge in [-0.05, 0) is 38.1 Å². The summed E-state index contributed by atoms with van der Waals surface area (Å²) < 4.78 is 21.4. The highest BCUT2D eigenvalue weighted by Gasteiger charge is 2.42. The average Bonchev–Trinajstić information content (AvgIpc) is 3.11. The fourth-order valence-corrected chi connectivity index (χ4v) is 3.70. The van der Waals surface area contributed by atoms with Crippen LogP contribution in [0.15, 0.2) is 54.6 Å². The Hall–Kier alpha value is -3.26. The van der Waals surface area contributed by atoms with Crippen molar-refractivity contribution in [2.75, 3.05) is 13.1 Å². The van der Waals surface area contributed by atoms with Gasteiger partial charge in [0.05, 0.1) is 12.2 Å². The van der Waals surface area contributed by atoms with E-state index >= 15 is 0 Å². The Kier molecular flexibility index (Phi) is 5.26. The van der Waals surface area contributed by atoms with E-state index in [1.807, 2.05) is 30.3 Å². The van der Waals surface area contributed by atoms with Gasteiger partial charge in [-0.2, -0.15) is 0 Å². The molecule has 1 amide bonds. The van der Waals surface area contributed by atoms with Crippen molar-refractivity contribution in [2.45, 2.75) is 32.0 Å². The molecule has 0 unspecified atom stereocenters. The quantitative estimate of drug-likeness (QED) is 0.715. The Balaban J connectivity index is 1.51. The van der Waals surface area contributed by atoms with Crippen molar-refractivity contribution < 1.29 is 19.0 Å². The summed E-state index contributed by atoms with van der Waals surface area (Å²) in [6.45, 7) is 3.82. The molecule has 1 fully saturated rings. The summed E-state index contributed by atoms with van der Waals surface area (Å²) in [7, 11) is 0. The molecule has 30 heavy (non-hydrogen) atoms. The summed E-state index contributed by atoms with van der Waals surface area (Å²) in [5, 5.41) is 18.9. The molecule has 4 rings (SSSR count). The van der Waals surface area contributed by atoms with Crippen LogP contribution in [0.25, 0.3) is 5.69 Å². The van der Waals surface area contributed by atoms with Crippen molar-refractivity contribution in [1.82, 2.24) is 19.9 Å². The molecule has 0 spiro atoms. The van der Waals surface area contributed by atoms with Gasteiger partial charge >= 0.3 is 0 Å². The van der Waals surface area contributed by atoms with Crippen LogP contribution in [0.4, 0.5) is 4.39 Å². The molecule has 8 heteroatoms. The number of carbonyl (C=O) groups is 1. The van der Waals surface area contributed by atoms with Gasteiger partial charge in [-0.25, -0.2) is 9.07 Å². The van der Waals surface area contributed by atoms with E-state index < -0.39 is 17.5 Å². The minimum Gasteiger partial charge on any atom is -0.487 e. The van der Waals surface area contributed by atoms with Crippen molar-refractivity contribution in [3.8, 4) is 11.4 Å². The van der Waals surface area contributed by atoms with Gasteiger partial charge in [0, 0.05) is 13.0 Å². The lowest BCUT2D eigenvalue weighted by molar-refractivity contribution is -0.0900. The zero-order chi connectivity index (χ0) is 21.3. The van der Waals surface area contributed by atoms with Crippen LogP contribution in [0.1, 0.15) is 29.5 Å². The van der Waals surface area contributed by atoms with E-state index in [9.17, 15) is 14.3 Å². The summed E-state index contributed by atoms with van der Waals surface area (Å²) in [6, 6.07) is 15.5. The molecule has 0 bridgehead atoms. The third-order valence-electron chi connectivity index (χ3n) is 5.35. The fraction of sp³-hybridized carbons (Fsp3) is 0.318. The smallest absolute Gasteiger partial charge is 0.276 e. The summed E-state index contributed by atoms with van der Waals surface area (Å²) in [6.07, 6.45) is 0.0212. The number of aromatic nitrogens is 3. The van der Waals surface area contributed by atoms with Crippen LogP contribution in [0, 0.1) is 12.7 Å². The second kappa shape index (κ2) is 7.87. The SMILES string of the molecule is Cc1c(C(=O)N2CC[C@H](Oc3ccccc3)[C@@](C)(O)C2)nnn1-c1ccccc1F. The molecule has 1 N–H and O–H groups in total. The van der Waals surface area contributed by atoms with Crippen LogP contribution >= 0.6 is 0 Å². The number of halogens is 1. The highest BCUT2D eigenvalue weighted by Crippen LogP contribution is 2.27. The predicted molar refractivity (Wildman–Crippen MR) is 108 cm³/mol. The molecule has 0 aliphatic carbocycles. The summed E-state index contributed by atoms with van der Waals surface area (Å²) >= 11 is 0. The first-order valence-electron chi connectivity index (χ1n) is 9.77. The highest BCUT2D eigenvalue weighted by molar-refractivity contribution is 5.93. The van der Waals surface area contributed by atoms with Crippen LogP contribution in [-0.2, 0) is 0 Å². The molecule has 1 aliphatic rings. The largest absolute Gasteiger partial charge is 0.487 e. The number of likely N-dealkylation sites (tertiary alicyclic amines) is 1. The van der Waals surface area contributed by atoms with Crippen LogP contribution < -0.4 is 4.74 Å². The molecule has 7 nitrogen and oxygen atoms in total. The third kappa shape index (κ3) is 3.78. The maximum atomic E-state index is 14.1. The Morgan fingerprint density at radius 2 is 1.90 bits per heavy atom. The van der Waals surface area contributed by atoms with Crippen LogP contribution in [0.5, 0.6) is 5.75 Å². The van der Waals surface area contributed by atoms with Gasteiger partial charge in [0.25, 0.3) is 5.91 Å². The number of para-hydroxylation sites is 2.